The highest BCUT2D eigenvalue weighted by Crippen LogP contribution is 2.17. The quantitative estimate of drug-likeness (QED) is 0.709. The van der Waals surface area contributed by atoms with Crippen molar-refractivity contribution < 1.29 is 4.79 Å². The van der Waals surface area contributed by atoms with Gasteiger partial charge in [0.1, 0.15) is 0 Å². The van der Waals surface area contributed by atoms with E-state index in [2.05, 4.69) is 35.8 Å². The molecule has 3 heterocycles. The lowest BCUT2D eigenvalue weighted by molar-refractivity contribution is 0.0729. The first kappa shape index (κ1) is 17.8. The standard InChI is InChI=1S/C20H23N5O/c1-20(2,3)25-15-18(12-23-25)19(26)24(13-16-6-9-21-10-7-16)14-17-5-4-8-22-11-17/h4-12,15H,13-14H2,1-3H3. The lowest BCUT2D eigenvalue weighted by Crippen LogP contribution is -2.30. The predicted molar refractivity (Wildman–Crippen MR) is 99.3 cm³/mol. The van der Waals surface area contributed by atoms with Crippen LogP contribution in [0, 0.1) is 0 Å². The van der Waals surface area contributed by atoms with Crippen LogP contribution in [0.4, 0.5) is 0 Å². The summed E-state index contributed by atoms with van der Waals surface area (Å²) in [4.78, 5) is 23.1. The van der Waals surface area contributed by atoms with Crippen LogP contribution in [0.3, 0.4) is 0 Å². The van der Waals surface area contributed by atoms with Gasteiger partial charge >= 0.3 is 0 Å². The van der Waals surface area contributed by atoms with Crippen molar-refractivity contribution in [2.75, 3.05) is 0 Å². The van der Waals surface area contributed by atoms with Crippen molar-refractivity contribution in [1.82, 2.24) is 24.6 Å². The largest absolute Gasteiger partial charge is 0.330 e. The zero-order valence-electron chi connectivity index (χ0n) is 15.3. The smallest absolute Gasteiger partial charge is 0.257 e. The van der Waals surface area contributed by atoms with Crippen molar-refractivity contribution in [3.63, 3.8) is 0 Å². The molecular weight excluding hydrogens is 326 g/mol. The highest BCUT2D eigenvalue weighted by atomic mass is 16.2. The molecule has 0 unspecified atom stereocenters. The van der Waals surface area contributed by atoms with Crippen molar-refractivity contribution in [3.05, 3.63) is 78.1 Å². The van der Waals surface area contributed by atoms with Crippen molar-refractivity contribution >= 4 is 5.91 Å². The Kier molecular flexibility index (Phi) is 5.11. The third-order valence-electron chi connectivity index (χ3n) is 4.02. The van der Waals surface area contributed by atoms with Crippen LogP contribution < -0.4 is 0 Å². The van der Waals surface area contributed by atoms with E-state index < -0.39 is 0 Å². The van der Waals surface area contributed by atoms with E-state index >= 15 is 0 Å². The maximum absolute atomic E-state index is 13.1. The van der Waals surface area contributed by atoms with E-state index in [-0.39, 0.29) is 11.4 Å². The Morgan fingerprint density at radius 3 is 2.35 bits per heavy atom. The van der Waals surface area contributed by atoms with Crippen LogP contribution in [0.5, 0.6) is 0 Å². The molecule has 0 aliphatic carbocycles. The fourth-order valence-corrected chi connectivity index (χ4v) is 2.60. The molecule has 0 radical (unpaired) electrons. The second-order valence-corrected chi connectivity index (χ2v) is 7.22. The fourth-order valence-electron chi connectivity index (χ4n) is 2.60. The molecule has 0 spiro atoms. The second kappa shape index (κ2) is 7.47. The van der Waals surface area contributed by atoms with Gasteiger partial charge in [0.15, 0.2) is 0 Å². The first-order chi connectivity index (χ1) is 12.4. The highest BCUT2D eigenvalue weighted by Gasteiger charge is 2.21. The SMILES string of the molecule is CC(C)(C)n1cc(C(=O)N(Cc2ccncc2)Cc2cccnc2)cn1. The van der Waals surface area contributed by atoms with Crippen LogP contribution >= 0.6 is 0 Å². The minimum Gasteiger partial charge on any atom is -0.330 e. The molecule has 0 fully saturated rings. The number of hydrogen-bond acceptors (Lipinski definition) is 4. The predicted octanol–water partition coefficient (Wildman–Crippen LogP) is 3.27. The molecule has 0 aromatic carbocycles. The van der Waals surface area contributed by atoms with Crippen molar-refractivity contribution in [1.29, 1.82) is 0 Å². The van der Waals surface area contributed by atoms with Gasteiger partial charge in [-0.1, -0.05) is 6.07 Å². The Balaban J connectivity index is 1.86. The van der Waals surface area contributed by atoms with E-state index in [4.69, 9.17) is 0 Å². The lowest BCUT2D eigenvalue weighted by atomic mass is 10.1. The molecule has 0 aliphatic heterocycles. The van der Waals surface area contributed by atoms with Gasteiger partial charge in [-0.15, -0.1) is 0 Å². The van der Waals surface area contributed by atoms with E-state index in [1.807, 2.05) is 35.1 Å². The molecule has 0 bridgehead atoms. The van der Waals surface area contributed by atoms with Gasteiger partial charge < -0.3 is 4.90 Å². The highest BCUT2D eigenvalue weighted by molar-refractivity contribution is 5.93. The van der Waals surface area contributed by atoms with E-state index in [1.54, 1.807) is 35.9 Å². The monoisotopic (exact) mass is 349 g/mol. The maximum atomic E-state index is 13.1. The molecule has 1 amide bonds. The molecule has 6 heteroatoms. The molecule has 0 saturated heterocycles. The van der Waals surface area contributed by atoms with Crippen LogP contribution in [-0.4, -0.2) is 30.6 Å². The van der Waals surface area contributed by atoms with Crippen LogP contribution in [0.2, 0.25) is 0 Å². The van der Waals surface area contributed by atoms with E-state index in [0.29, 0.717) is 18.7 Å². The molecule has 0 atom stereocenters. The maximum Gasteiger partial charge on any atom is 0.257 e. The van der Waals surface area contributed by atoms with Crippen LogP contribution in [0.25, 0.3) is 0 Å². The summed E-state index contributed by atoms with van der Waals surface area (Å²) < 4.78 is 1.81. The van der Waals surface area contributed by atoms with E-state index in [9.17, 15) is 4.79 Å². The number of rotatable bonds is 5. The Hall–Kier alpha value is -3.02. The third kappa shape index (κ3) is 4.33. The molecule has 3 rings (SSSR count). The van der Waals surface area contributed by atoms with Crippen molar-refractivity contribution in [2.24, 2.45) is 0 Å². The van der Waals surface area contributed by atoms with Gasteiger partial charge in [0, 0.05) is 44.1 Å². The first-order valence-corrected chi connectivity index (χ1v) is 8.56. The summed E-state index contributed by atoms with van der Waals surface area (Å²) in [6.07, 6.45) is 10.4. The first-order valence-electron chi connectivity index (χ1n) is 8.56. The molecule has 26 heavy (non-hydrogen) atoms. The zero-order valence-corrected chi connectivity index (χ0v) is 15.3. The van der Waals surface area contributed by atoms with E-state index in [0.717, 1.165) is 11.1 Å². The minimum absolute atomic E-state index is 0.0545. The van der Waals surface area contributed by atoms with Gasteiger partial charge in [0.05, 0.1) is 17.3 Å². The molecule has 0 saturated carbocycles. The number of carbonyl (C=O) groups excluding carboxylic acids is 1. The molecule has 3 aromatic heterocycles. The third-order valence-corrected chi connectivity index (χ3v) is 4.02. The number of amides is 1. The summed E-state index contributed by atoms with van der Waals surface area (Å²) in [5.74, 6) is -0.0545. The molecular formula is C20H23N5O. The van der Waals surface area contributed by atoms with Gasteiger partial charge in [-0.05, 0) is 50.1 Å². The summed E-state index contributed by atoms with van der Waals surface area (Å²) in [7, 11) is 0. The van der Waals surface area contributed by atoms with Crippen molar-refractivity contribution in [2.45, 2.75) is 39.4 Å². The average molecular weight is 349 g/mol. The number of hydrogen-bond donors (Lipinski definition) is 0. The van der Waals surface area contributed by atoms with Gasteiger partial charge in [-0.25, -0.2) is 0 Å². The molecule has 6 nitrogen and oxygen atoms in total. The summed E-state index contributed by atoms with van der Waals surface area (Å²) in [5.41, 5.74) is 2.43. The summed E-state index contributed by atoms with van der Waals surface area (Å²) in [5, 5.41) is 4.35. The number of carbonyl (C=O) groups is 1. The Morgan fingerprint density at radius 1 is 1.00 bits per heavy atom. The second-order valence-electron chi connectivity index (χ2n) is 7.22. The van der Waals surface area contributed by atoms with Crippen LogP contribution in [0.1, 0.15) is 42.3 Å². The molecule has 0 aliphatic rings. The molecule has 134 valence electrons. The fraction of sp³-hybridized carbons (Fsp3) is 0.300. The normalized spacial score (nSPS) is 11.3. The Morgan fingerprint density at radius 2 is 1.73 bits per heavy atom. The van der Waals surface area contributed by atoms with E-state index in [1.165, 1.54) is 0 Å². The van der Waals surface area contributed by atoms with Gasteiger partial charge in [-0.3, -0.25) is 19.4 Å². The van der Waals surface area contributed by atoms with Crippen LogP contribution in [-0.2, 0) is 18.6 Å². The van der Waals surface area contributed by atoms with Gasteiger partial charge in [0.25, 0.3) is 5.91 Å². The molecule has 3 aromatic rings. The number of pyridine rings is 2. The summed E-state index contributed by atoms with van der Waals surface area (Å²) in [6, 6.07) is 7.69. The Bertz CT molecular complexity index is 811. The summed E-state index contributed by atoms with van der Waals surface area (Å²) in [6.45, 7) is 7.14. The average Bonchev–Trinajstić information content (AvgIpc) is 3.13. The topological polar surface area (TPSA) is 63.9 Å². The van der Waals surface area contributed by atoms with Gasteiger partial charge in [0.2, 0.25) is 0 Å². The lowest BCUT2D eigenvalue weighted by Gasteiger charge is -2.23. The zero-order chi connectivity index (χ0) is 18.6. The van der Waals surface area contributed by atoms with Gasteiger partial charge in [-0.2, -0.15) is 5.10 Å². The molecule has 0 N–H and O–H groups in total. The minimum atomic E-state index is -0.169. The van der Waals surface area contributed by atoms with Crippen molar-refractivity contribution in [3.8, 4) is 0 Å². The number of nitrogens with zero attached hydrogens (tertiary/aromatic N) is 5. The summed E-state index contributed by atoms with van der Waals surface area (Å²) >= 11 is 0. The number of aromatic nitrogens is 4. The Labute approximate surface area is 153 Å². The van der Waals surface area contributed by atoms with Crippen LogP contribution in [0.15, 0.2) is 61.4 Å².